The molecule has 0 fully saturated rings. The molecule has 0 radical (unpaired) electrons. The van der Waals surface area contributed by atoms with Gasteiger partial charge in [0.25, 0.3) is 0 Å². The second-order valence-corrected chi connectivity index (χ2v) is 7.05. The summed E-state index contributed by atoms with van der Waals surface area (Å²) in [7, 11) is -3.47. The van der Waals surface area contributed by atoms with Gasteiger partial charge < -0.3 is 0 Å². The predicted molar refractivity (Wildman–Crippen MR) is 83.7 cm³/mol. The van der Waals surface area contributed by atoms with Crippen LogP contribution in [0.25, 0.3) is 11.0 Å². The van der Waals surface area contributed by atoms with E-state index in [4.69, 9.17) is 0 Å². The second kappa shape index (κ2) is 5.00. The van der Waals surface area contributed by atoms with E-state index in [-0.39, 0.29) is 5.75 Å². The number of hydrogen-bond donors (Lipinski definition) is 0. The minimum absolute atomic E-state index is 0.0355. The van der Waals surface area contributed by atoms with Crippen LogP contribution in [0.5, 0.6) is 0 Å². The van der Waals surface area contributed by atoms with Gasteiger partial charge in [-0.1, -0.05) is 30.3 Å². The fourth-order valence-electron chi connectivity index (χ4n) is 2.32. The molecule has 108 valence electrons. The summed E-state index contributed by atoms with van der Waals surface area (Å²) in [6.07, 6.45) is 1.39. The fourth-order valence-corrected chi connectivity index (χ4v) is 3.71. The van der Waals surface area contributed by atoms with Crippen molar-refractivity contribution in [2.75, 3.05) is 0 Å². The molecule has 21 heavy (non-hydrogen) atoms. The highest BCUT2D eigenvalue weighted by atomic mass is 32.2. The maximum absolute atomic E-state index is 12.6. The third-order valence-electron chi connectivity index (χ3n) is 3.62. The number of aromatic nitrogens is 2. The monoisotopic (exact) mass is 300 g/mol. The first-order chi connectivity index (χ1) is 9.97. The van der Waals surface area contributed by atoms with Crippen LogP contribution < -0.4 is 0 Å². The quantitative estimate of drug-likeness (QED) is 0.747. The molecule has 4 nitrogen and oxygen atoms in total. The minimum atomic E-state index is -3.47. The van der Waals surface area contributed by atoms with Crippen molar-refractivity contribution < 1.29 is 8.42 Å². The molecule has 0 amide bonds. The summed E-state index contributed by atoms with van der Waals surface area (Å²) in [6, 6.07) is 13.0. The zero-order valence-corrected chi connectivity index (χ0v) is 12.8. The Labute approximate surface area is 124 Å². The maximum atomic E-state index is 12.6. The molecule has 2 aromatic carbocycles. The zero-order chi connectivity index (χ0) is 15.0. The highest BCUT2D eigenvalue weighted by Crippen LogP contribution is 2.21. The van der Waals surface area contributed by atoms with Crippen LogP contribution in [0.3, 0.4) is 0 Å². The summed E-state index contributed by atoms with van der Waals surface area (Å²) in [5.41, 5.74) is 4.26. The first-order valence-electron chi connectivity index (χ1n) is 6.69. The molecule has 0 N–H and O–H groups in total. The van der Waals surface area contributed by atoms with Gasteiger partial charge in [-0.25, -0.2) is 17.4 Å². The Morgan fingerprint density at radius 2 is 1.71 bits per heavy atom. The van der Waals surface area contributed by atoms with E-state index in [0.717, 1.165) is 16.7 Å². The van der Waals surface area contributed by atoms with Crippen LogP contribution in [-0.2, 0) is 15.8 Å². The zero-order valence-electron chi connectivity index (χ0n) is 11.9. The Morgan fingerprint density at radius 3 is 2.43 bits per heavy atom. The average Bonchev–Trinajstić information content (AvgIpc) is 2.83. The standard InChI is InChI=1S/C16H16N2O2S/c1-12-8-15-16(9-13(12)2)18(11-17-15)21(19,20)10-14-6-4-3-5-7-14/h3-9,11H,10H2,1-2H3. The van der Waals surface area contributed by atoms with Crippen molar-refractivity contribution in [2.45, 2.75) is 19.6 Å². The van der Waals surface area contributed by atoms with Crippen LogP contribution in [0, 0.1) is 13.8 Å². The molecule has 0 bridgehead atoms. The highest BCUT2D eigenvalue weighted by molar-refractivity contribution is 7.89. The van der Waals surface area contributed by atoms with E-state index in [1.165, 1.54) is 10.3 Å². The number of rotatable bonds is 3. The van der Waals surface area contributed by atoms with Gasteiger partial charge >= 0.3 is 0 Å². The Kier molecular flexibility index (Phi) is 3.29. The Morgan fingerprint density at radius 1 is 1.05 bits per heavy atom. The molecule has 0 atom stereocenters. The van der Waals surface area contributed by atoms with Gasteiger partial charge in [0.2, 0.25) is 10.0 Å². The summed E-state index contributed by atoms with van der Waals surface area (Å²) in [4.78, 5) is 4.21. The Hall–Kier alpha value is -2.14. The number of hydrogen-bond acceptors (Lipinski definition) is 3. The third-order valence-corrected chi connectivity index (χ3v) is 5.21. The summed E-state index contributed by atoms with van der Waals surface area (Å²) >= 11 is 0. The molecular formula is C16H16N2O2S. The predicted octanol–water partition coefficient (Wildman–Crippen LogP) is 3.03. The molecule has 0 saturated heterocycles. The van der Waals surface area contributed by atoms with E-state index in [9.17, 15) is 8.42 Å². The van der Waals surface area contributed by atoms with Gasteiger partial charge in [-0.2, -0.15) is 0 Å². The van der Waals surface area contributed by atoms with Gasteiger partial charge in [0.15, 0.2) is 0 Å². The van der Waals surface area contributed by atoms with Crippen molar-refractivity contribution in [1.82, 2.24) is 8.96 Å². The molecule has 5 heteroatoms. The molecule has 0 aliphatic heterocycles. The highest BCUT2D eigenvalue weighted by Gasteiger charge is 2.18. The van der Waals surface area contributed by atoms with Gasteiger partial charge in [-0.15, -0.1) is 0 Å². The Balaban J connectivity index is 2.09. The number of aryl methyl sites for hydroxylation is 2. The lowest BCUT2D eigenvalue weighted by Crippen LogP contribution is -2.14. The molecule has 0 saturated carbocycles. The first-order valence-corrected chi connectivity index (χ1v) is 8.30. The largest absolute Gasteiger partial charge is 0.244 e. The maximum Gasteiger partial charge on any atom is 0.244 e. The summed E-state index contributed by atoms with van der Waals surface area (Å²) in [6.45, 7) is 3.96. The minimum Gasteiger partial charge on any atom is -0.236 e. The number of imidazole rings is 1. The summed E-state index contributed by atoms with van der Waals surface area (Å²) in [5.74, 6) is -0.0355. The molecule has 1 aromatic heterocycles. The van der Waals surface area contributed by atoms with E-state index in [2.05, 4.69) is 4.98 Å². The molecule has 3 aromatic rings. The van der Waals surface area contributed by atoms with Crippen LogP contribution >= 0.6 is 0 Å². The van der Waals surface area contributed by atoms with E-state index in [1.807, 2.05) is 56.3 Å². The molecule has 1 heterocycles. The topological polar surface area (TPSA) is 52.0 Å². The van der Waals surface area contributed by atoms with E-state index in [0.29, 0.717) is 11.0 Å². The molecule has 0 spiro atoms. The average molecular weight is 300 g/mol. The van der Waals surface area contributed by atoms with E-state index >= 15 is 0 Å². The number of benzene rings is 2. The fraction of sp³-hybridized carbons (Fsp3) is 0.188. The van der Waals surface area contributed by atoms with Crippen LogP contribution in [0.15, 0.2) is 48.8 Å². The first kappa shape index (κ1) is 13.8. The summed E-state index contributed by atoms with van der Waals surface area (Å²) in [5, 5.41) is 0. The van der Waals surface area contributed by atoms with Crippen molar-refractivity contribution >= 4 is 21.1 Å². The lowest BCUT2D eigenvalue weighted by molar-refractivity contribution is 0.588. The van der Waals surface area contributed by atoms with Gasteiger partial charge in [0.1, 0.15) is 6.33 Å². The van der Waals surface area contributed by atoms with Crippen LogP contribution in [0.2, 0.25) is 0 Å². The van der Waals surface area contributed by atoms with Gasteiger partial charge in [0, 0.05) is 0 Å². The second-order valence-electron chi connectivity index (χ2n) is 5.21. The Bertz CT molecular complexity index is 897. The molecule has 0 aliphatic rings. The number of fused-ring (bicyclic) bond motifs is 1. The SMILES string of the molecule is Cc1cc2ncn(S(=O)(=O)Cc3ccccc3)c2cc1C. The van der Waals surface area contributed by atoms with Crippen LogP contribution in [0.1, 0.15) is 16.7 Å². The molecule has 0 unspecified atom stereocenters. The van der Waals surface area contributed by atoms with Crippen molar-refractivity contribution in [3.8, 4) is 0 Å². The van der Waals surface area contributed by atoms with E-state index in [1.54, 1.807) is 0 Å². The van der Waals surface area contributed by atoms with Gasteiger partial charge in [-0.05, 0) is 42.7 Å². The van der Waals surface area contributed by atoms with Crippen LogP contribution in [0.4, 0.5) is 0 Å². The van der Waals surface area contributed by atoms with Crippen molar-refractivity contribution in [2.24, 2.45) is 0 Å². The number of nitrogens with zero attached hydrogens (tertiary/aromatic N) is 2. The smallest absolute Gasteiger partial charge is 0.236 e. The van der Waals surface area contributed by atoms with Crippen molar-refractivity contribution in [3.63, 3.8) is 0 Å². The lowest BCUT2D eigenvalue weighted by atomic mass is 10.1. The van der Waals surface area contributed by atoms with Gasteiger partial charge in [0.05, 0.1) is 16.8 Å². The van der Waals surface area contributed by atoms with E-state index < -0.39 is 10.0 Å². The normalized spacial score (nSPS) is 11.9. The van der Waals surface area contributed by atoms with Crippen LogP contribution in [-0.4, -0.2) is 17.4 Å². The third kappa shape index (κ3) is 2.56. The molecule has 3 rings (SSSR count). The van der Waals surface area contributed by atoms with Crippen molar-refractivity contribution in [1.29, 1.82) is 0 Å². The lowest BCUT2D eigenvalue weighted by Gasteiger charge is -2.07. The summed E-state index contributed by atoms with van der Waals surface area (Å²) < 4.78 is 26.5. The molecular weight excluding hydrogens is 284 g/mol. The van der Waals surface area contributed by atoms with Gasteiger partial charge in [-0.3, -0.25) is 0 Å². The van der Waals surface area contributed by atoms with Crippen molar-refractivity contribution in [3.05, 3.63) is 65.5 Å². The molecule has 0 aliphatic carbocycles.